The van der Waals surface area contributed by atoms with Crippen LogP contribution in [0.3, 0.4) is 0 Å². The first kappa shape index (κ1) is 12.4. The van der Waals surface area contributed by atoms with Crippen LogP contribution in [0.1, 0.15) is 26.3 Å². The van der Waals surface area contributed by atoms with E-state index in [-0.39, 0.29) is 17.3 Å². The summed E-state index contributed by atoms with van der Waals surface area (Å²) in [5.41, 5.74) is 8.52. The first-order valence-corrected chi connectivity index (χ1v) is 6.17. The minimum atomic E-state index is -0.167. The number of rotatable bonds is 2. The molecule has 0 radical (unpaired) electrons. The van der Waals surface area contributed by atoms with Crippen molar-refractivity contribution in [2.75, 3.05) is 18.0 Å². The van der Waals surface area contributed by atoms with Gasteiger partial charge in [-0.1, -0.05) is 26.8 Å². The molecule has 1 heterocycles. The highest BCUT2D eigenvalue weighted by Crippen LogP contribution is 2.30. The largest absolute Gasteiger partial charge is 0.369 e. The number of benzene rings is 1. The molecule has 1 unspecified atom stereocenters. The Morgan fingerprint density at radius 3 is 2.76 bits per heavy atom. The molecule has 0 bridgehead atoms. The molecule has 1 aromatic carbocycles. The summed E-state index contributed by atoms with van der Waals surface area (Å²) < 4.78 is 13.2. The predicted molar refractivity (Wildman–Crippen MR) is 69.7 cm³/mol. The highest BCUT2D eigenvalue weighted by molar-refractivity contribution is 5.58. The fraction of sp³-hybridized carbons (Fsp3) is 0.571. The smallest absolute Gasteiger partial charge is 0.125 e. The summed E-state index contributed by atoms with van der Waals surface area (Å²) in [7, 11) is 0. The second kappa shape index (κ2) is 4.30. The zero-order valence-corrected chi connectivity index (χ0v) is 10.8. The van der Waals surface area contributed by atoms with Crippen LogP contribution in [0.2, 0.25) is 0 Å². The van der Waals surface area contributed by atoms with E-state index in [2.05, 4.69) is 25.7 Å². The van der Waals surface area contributed by atoms with Gasteiger partial charge in [-0.05, 0) is 29.5 Å². The lowest BCUT2D eigenvalue weighted by atomic mass is 9.87. The Bertz CT molecular complexity index is 409. The van der Waals surface area contributed by atoms with Crippen molar-refractivity contribution in [3.63, 3.8) is 0 Å². The summed E-state index contributed by atoms with van der Waals surface area (Å²) >= 11 is 0. The Hall–Kier alpha value is -1.09. The molecule has 1 atom stereocenters. The lowest BCUT2D eigenvalue weighted by Crippen LogP contribution is -2.45. The average molecular weight is 236 g/mol. The highest BCUT2D eigenvalue weighted by atomic mass is 19.1. The zero-order chi connectivity index (χ0) is 12.6. The van der Waals surface area contributed by atoms with Crippen LogP contribution in [0, 0.1) is 11.2 Å². The SMILES string of the molecule is CC(C)(C)C(N)CN1CCc2ccc(F)cc21. The van der Waals surface area contributed by atoms with Gasteiger partial charge in [0.05, 0.1) is 0 Å². The van der Waals surface area contributed by atoms with E-state index < -0.39 is 0 Å². The van der Waals surface area contributed by atoms with Crippen LogP contribution in [0.15, 0.2) is 18.2 Å². The Labute approximate surface area is 103 Å². The minimum absolute atomic E-state index is 0.0794. The minimum Gasteiger partial charge on any atom is -0.369 e. The molecule has 2 N–H and O–H groups in total. The topological polar surface area (TPSA) is 29.3 Å². The van der Waals surface area contributed by atoms with E-state index in [9.17, 15) is 4.39 Å². The molecular weight excluding hydrogens is 215 g/mol. The summed E-state index contributed by atoms with van der Waals surface area (Å²) in [6.45, 7) is 8.16. The molecule has 0 saturated heterocycles. The summed E-state index contributed by atoms with van der Waals surface area (Å²) in [4.78, 5) is 2.20. The Balaban J connectivity index is 2.14. The molecule has 3 heteroatoms. The van der Waals surface area contributed by atoms with Crippen LogP contribution >= 0.6 is 0 Å². The van der Waals surface area contributed by atoms with E-state index in [0.717, 1.165) is 25.2 Å². The van der Waals surface area contributed by atoms with Gasteiger partial charge in [0.15, 0.2) is 0 Å². The average Bonchev–Trinajstić information content (AvgIpc) is 2.60. The maximum atomic E-state index is 13.2. The van der Waals surface area contributed by atoms with Crippen molar-refractivity contribution < 1.29 is 4.39 Å². The predicted octanol–water partition coefficient (Wildman–Crippen LogP) is 2.56. The molecule has 0 fully saturated rings. The zero-order valence-electron chi connectivity index (χ0n) is 10.8. The van der Waals surface area contributed by atoms with Gasteiger partial charge in [0.2, 0.25) is 0 Å². The van der Waals surface area contributed by atoms with Crippen molar-refractivity contribution in [3.8, 4) is 0 Å². The summed E-state index contributed by atoms with van der Waals surface area (Å²) in [6, 6.07) is 5.13. The van der Waals surface area contributed by atoms with Crippen molar-refractivity contribution in [1.82, 2.24) is 0 Å². The fourth-order valence-corrected chi connectivity index (χ4v) is 2.12. The van der Waals surface area contributed by atoms with Crippen molar-refractivity contribution in [2.45, 2.75) is 33.2 Å². The van der Waals surface area contributed by atoms with E-state index in [1.165, 1.54) is 11.6 Å². The van der Waals surface area contributed by atoms with Gasteiger partial charge in [-0.3, -0.25) is 0 Å². The number of anilines is 1. The van der Waals surface area contributed by atoms with Gasteiger partial charge in [0, 0.05) is 24.8 Å². The second-order valence-electron chi connectivity index (χ2n) is 5.94. The molecule has 0 saturated carbocycles. The third kappa shape index (κ3) is 2.60. The van der Waals surface area contributed by atoms with E-state index in [1.54, 1.807) is 6.07 Å². The van der Waals surface area contributed by atoms with Crippen molar-refractivity contribution in [3.05, 3.63) is 29.6 Å². The molecule has 94 valence electrons. The Kier molecular flexibility index (Phi) is 3.13. The maximum absolute atomic E-state index is 13.2. The molecule has 0 spiro atoms. The van der Waals surface area contributed by atoms with Crippen LogP contribution in [-0.4, -0.2) is 19.1 Å². The normalized spacial score (nSPS) is 17.1. The third-order valence-corrected chi connectivity index (χ3v) is 3.57. The van der Waals surface area contributed by atoms with Gasteiger partial charge in [-0.2, -0.15) is 0 Å². The van der Waals surface area contributed by atoms with Crippen LogP contribution in [-0.2, 0) is 6.42 Å². The fourth-order valence-electron chi connectivity index (χ4n) is 2.12. The van der Waals surface area contributed by atoms with E-state index in [1.807, 2.05) is 6.07 Å². The molecule has 1 aromatic rings. The van der Waals surface area contributed by atoms with Crippen molar-refractivity contribution in [1.29, 1.82) is 0 Å². The van der Waals surface area contributed by atoms with Gasteiger partial charge in [0.1, 0.15) is 5.82 Å². The first-order chi connectivity index (χ1) is 7.88. The lowest BCUT2D eigenvalue weighted by Gasteiger charge is -2.32. The molecule has 1 aliphatic heterocycles. The quantitative estimate of drug-likeness (QED) is 0.855. The number of hydrogen-bond donors (Lipinski definition) is 1. The molecule has 0 amide bonds. The first-order valence-electron chi connectivity index (χ1n) is 6.17. The highest BCUT2D eigenvalue weighted by Gasteiger charge is 2.26. The number of nitrogens with two attached hydrogens (primary N) is 1. The molecular formula is C14H21FN2. The van der Waals surface area contributed by atoms with Gasteiger partial charge < -0.3 is 10.6 Å². The van der Waals surface area contributed by atoms with Crippen LogP contribution in [0.5, 0.6) is 0 Å². The monoisotopic (exact) mass is 236 g/mol. The summed E-state index contributed by atoms with van der Waals surface area (Å²) in [6.07, 6.45) is 0.993. The molecule has 0 aliphatic carbocycles. The summed E-state index contributed by atoms with van der Waals surface area (Å²) in [5, 5.41) is 0. The van der Waals surface area contributed by atoms with E-state index in [0.29, 0.717) is 0 Å². The van der Waals surface area contributed by atoms with Gasteiger partial charge in [0.25, 0.3) is 0 Å². The molecule has 0 aromatic heterocycles. The third-order valence-electron chi connectivity index (χ3n) is 3.57. The number of hydrogen-bond acceptors (Lipinski definition) is 2. The van der Waals surface area contributed by atoms with Crippen LogP contribution in [0.4, 0.5) is 10.1 Å². The van der Waals surface area contributed by atoms with E-state index >= 15 is 0 Å². The Morgan fingerprint density at radius 1 is 1.41 bits per heavy atom. The van der Waals surface area contributed by atoms with Gasteiger partial charge in [-0.25, -0.2) is 4.39 Å². The lowest BCUT2D eigenvalue weighted by molar-refractivity contribution is 0.321. The second-order valence-corrected chi connectivity index (χ2v) is 5.94. The maximum Gasteiger partial charge on any atom is 0.125 e. The standard InChI is InChI=1S/C14H21FN2/c1-14(2,3)13(16)9-17-7-6-10-4-5-11(15)8-12(10)17/h4-5,8,13H,6-7,9,16H2,1-3H3. The van der Waals surface area contributed by atoms with Gasteiger partial charge >= 0.3 is 0 Å². The Morgan fingerprint density at radius 2 is 2.12 bits per heavy atom. The van der Waals surface area contributed by atoms with Crippen LogP contribution < -0.4 is 10.6 Å². The number of nitrogens with zero attached hydrogens (tertiary/aromatic N) is 1. The molecule has 1 aliphatic rings. The van der Waals surface area contributed by atoms with Crippen LogP contribution in [0.25, 0.3) is 0 Å². The molecule has 17 heavy (non-hydrogen) atoms. The number of fused-ring (bicyclic) bond motifs is 1. The molecule has 2 nitrogen and oxygen atoms in total. The van der Waals surface area contributed by atoms with Crippen molar-refractivity contribution >= 4 is 5.69 Å². The summed E-state index contributed by atoms with van der Waals surface area (Å²) in [5.74, 6) is -0.167. The number of halogens is 1. The van der Waals surface area contributed by atoms with Crippen molar-refractivity contribution in [2.24, 2.45) is 11.1 Å². The van der Waals surface area contributed by atoms with Gasteiger partial charge in [-0.15, -0.1) is 0 Å². The molecule has 2 rings (SSSR count). The van der Waals surface area contributed by atoms with E-state index in [4.69, 9.17) is 5.73 Å².